The van der Waals surface area contributed by atoms with Crippen LogP contribution in [0.1, 0.15) is 73.3 Å². The molecule has 1 heterocycles. The molecule has 12 N–H and O–H groups in total. The fourth-order valence-corrected chi connectivity index (χ4v) is 6.29. The van der Waals surface area contributed by atoms with Crippen molar-refractivity contribution in [1.82, 2.24) is 42.1 Å². The van der Waals surface area contributed by atoms with Gasteiger partial charge in [0.25, 0.3) is 0 Å². The van der Waals surface area contributed by atoms with Crippen LogP contribution in [-0.2, 0) is 49.6 Å². The molecule has 1 aliphatic rings. The molecule has 0 aliphatic carbocycles. The maximum atomic E-state index is 13.8. The summed E-state index contributed by atoms with van der Waals surface area (Å²) in [6, 6.07) is -2.41. The number of aromatic hydroxyl groups is 1. The maximum Gasteiger partial charge on any atom is 0.322 e. The number of aliphatic hydroxyl groups is 1. The van der Waals surface area contributed by atoms with Crippen LogP contribution in [0.15, 0.2) is 24.3 Å². The smallest absolute Gasteiger partial charge is 0.322 e. The number of hydrogen-bond acceptors (Lipinski definition) is 12. The molecule has 1 saturated heterocycles. The van der Waals surface area contributed by atoms with Gasteiger partial charge >= 0.3 is 5.97 Å². The Morgan fingerprint density at radius 3 is 1.87 bits per heavy atom. The van der Waals surface area contributed by atoms with Crippen LogP contribution in [0.4, 0.5) is 0 Å². The molecule has 1 aromatic rings. The third-order valence-corrected chi connectivity index (χ3v) is 9.86. The van der Waals surface area contributed by atoms with Gasteiger partial charge in [0.1, 0.15) is 48.5 Å². The fraction of sp³-hybridized carbons (Fsp3) is 0.625. The van der Waals surface area contributed by atoms with Crippen LogP contribution in [0.3, 0.4) is 0 Å². The van der Waals surface area contributed by atoms with Crippen molar-refractivity contribution in [3.63, 3.8) is 0 Å². The third-order valence-electron chi connectivity index (χ3n) is 9.86. The van der Waals surface area contributed by atoms with E-state index in [9.17, 15) is 53.4 Å². The molecule has 61 heavy (non-hydrogen) atoms. The summed E-state index contributed by atoms with van der Waals surface area (Å²) in [7, 11) is 0. The lowest BCUT2D eigenvalue weighted by Crippen LogP contribution is -2.60. The van der Waals surface area contributed by atoms with E-state index in [1.54, 1.807) is 41.5 Å². The first-order valence-corrected chi connectivity index (χ1v) is 20.3. The van der Waals surface area contributed by atoms with E-state index in [0.717, 1.165) is 0 Å². The molecule has 2 rings (SSSR count). The molecule has 0 aromatic heterocycles. The zero-order valence-electron chi connectivity index (χ0n) is 35.8. The summed E-state index contributed by atoms with van der Waals surface area (Å²) in [6.45, 7) is 9.88. The van der Waals surface area contributed by atoms with Gasteiger partial charge in [-0.15, -0.1) is 0 Å². The number of rotatable bonds is 23. The second kappa shape index (κ2) is 24.4. The van der Waals surface area contributed by atoms with Gasteiger partial charge in [0.15, 0.2) is 0 Å². The molecule has 0 saturated carbocycles. The topological polar surface area (TPSA) is 328 Å². The van der Waals surface area contributed by atoms with Crippen LogP contribution < -0.4 is 43.0 Å². The van der Waals surface area contributed by atoms with E-state index in [-0.39, 0.29) is 30.4 Å². The quantitative estimate of drug-likeness (QED) is 0.0537. The van der Waals surface area contributed by atoms with E-state index in [1.807, 2.05) is 0 Å². The second-order valence-electron chi connectivity index (χ2n) is 16.2. The summed E-state index contributed by atoms with van der Waals surface area (Å²) in [6.07, 6.45) is 0.821. The van der Waals surface area contributed by atoms with Gasteiger partial charge in [-0.3, -0.25) is 43.2 Å². The number of amides is 8. The highest BCUT2D eigenvalue weighted by molar-refractivity contribution is 5.97. The van der Waals surface area contributed by atoms with E-state index in [0.29, 0.717) is 24.9 Å². The summed E-state index contributed by atoms with van der Waals surface area (Å²) in [5.41, 5.74) is 6.54. The average Bonchev–Trinajstić information content (AvgIpc) is 3.69. The van der Waals surface area contributed by atoms with Crippen LogP contribution >= 0.6 is 0 Å². The Bertz CT molecular complexity index is 1720. The molecular weight excluding hydrogens is 798 g/mol. The Kier molecular flexibility index (Phi) is 20.6. The number of carboxylic acid groups (broad SMARTS) is 1. The zero-order chi connectivity index (χ0) is 46.1. The number of benzene rings is 1. The van der Waals surface area contributed by atoms with Gasteiger partial charge in [0.2, 0.25) is 47.3 Å². The molecule has 0 radical (unpaired) electrons. The lowest BCUT2D eigenvalue weighted by molar-refractivity contribution is -0.141. The maximum absolute atomic E-state index is 13.8. The van der Waals surface area contributed by atoms with Gasteiger partial charge in [-0.05, 0) is 61.6 Å². The normalized spacial score (nSPS) is 16.7. The number of nitrogens with one attached hydrogen (secondary N) is 7. The van der Waals surface area contributed by atoms with Gasteiger partial charge in [0, 0.05) is 13.0 Å². The van der Waals surface area contributed by atoms with Gasteiger partial charge < -0.3 is 63.2 Å². The second-order valence-corrected chi connectivity index (χ2v) is 16.2. The number of carbonyl (C=O) groups is 9. The van der Waals surface area contributed by atoms with Crippen LogP contribution in [0.25, 0.3) is 0 Å². The Hall–Kier alpha value is -5.83. The summed E-state index contributed by atoms with van der Waals surface area (Å²) in [5.74, 6) is -8.03. The van der Waals surface area contributed by atoms with Crippen LogP contribution in [-0.4, -0.2) is 142 Å². The number of carboxylic acids is 1. The van der Waals surface area contributed by atoms with Crippen LogP contribution in [0, 0.1) is 17.8 Å². The van der Waals surface area contributed by atoms with E-state index >= 15 is 0 Å². The number of hydrogen-bond donors (Lipinski definition) is 11. The highest BCUT2D eigenvalue weighted by atomic mass is 16.4. The first-order valence-electron chi connectivity index (χ1n) is 20.3. The van der Waals surface area contributed by atoms with Crippen molar-refractivity contribution in [2.45, 2.75) is 116 Å². The Labute approximate surface area is 355 Å². The number of likely N-dealkylation sites (tertiary alicyclic amines) is 1. The molecule has 8 amide bonds. The van der Waals surface area contributed by atoms with Crippen LogP contribution in [0.2, 0.25) is 0 Å². The van der Waals surface area contributed by atoms with Crippen molar-refractivity contribution in [3.05, 3.63) is 29.8 Å². The molecule has 0 unspecified atom stereocenters. The summed E-state index contributed by atoms with van der Waals surface area (Å²) in [5, 5.41) is 45.8. The highest BCUT2D eigenvalue weighted by Crippen LogP contribution is 2.20. The standard InChI is InChI=1S/C40H63N9O12/c1-20(2)15-26(45-34(55)23(7)44-37(58)28(19-50)47-38(59)29-9-8-14-49(29)40(61)32(41)21(3)4)36(57)46-27(16-24-10-12-25(51)13-11-24)35(56)42-17-30(52)48-33(22(5)6)39(60)43-18-31(53)54/h10-13,20-23,26-29,32-33,50-51H,8-9,14-19,41H2,1-7H3,(H,42,56)(H,43,60)(H,44,58)(H,45,55)(H,46,57)(H,47,59)(H,48,52)(H,53,54)/t23-,26-,27-,28-,29-,32-,33-/m0/s1. The van der Waals surface area contributed by atoms with Crippen molar-refractivity contribution in [2.24, 2.45) is 23.5 Å². The third kappa shape index (κ3) is 16.6. The number of nitrogens with zero attached hydrogens (tertiary/aromatic N) is 1. The van der Waals surface area contributed by atoms with Crippen molar-refractivity contribution in [1.29, 1.82) is 0 Å². The predicted octanol–water partition coefficient (Wildman–Crippen LogP) is -2.64. The largest absolute Gasteiger partial charge is 0.508 e. The minimum Gasteiger partial charge on any atom is -0.508 e. The average molecular weight is 862 g/mol. The summed E-state index contributed by atoms with van der Waals surface area (Å²) < 4.78 is 0. The number of phenols is 1. The highest BCUT2D eigenvalue weighted by Gasteiger charge is 2.38. The first-order chi connectivity index (χ1) is 28.5. The van der Waals surface area contributed by atoms with Gasteiger partial charge in [-0.25, -0.2) is 0 Å². The summed E-state index contributed by atoms with van der Waals surface area (Å²) in [4.78, 5) is 118. The van der Waals surface area contributed by atoms with Gasteiger partial charge in [-0.1, -0.05) is 53.7 Å². The predicted molar refractivity (Wildman–Crippen MR) is 220 cm³/mol. The SMILES string of the molecule is CC(C)C[C@H](NC(=O)[C@H](C)NC(=O)[C@H](CO)NC(=O)[C@@H]1CCCN1C(=O)[C@@H](N)C(C)C)C(=O)N[C@@H](Cc1ccc(O)cc1)C(=O)NCC(=O)N[C@H](C(=O)NCC(=O)O)C(C)C. The fourth-order valence-electron chi connectivity index (χ4n) is 6.29. The lowest BCUT2D eigenvalue weighted by Gasteiger charge is -2.29. The molecule has 21 heteroatoms. The van der Waals surface area contributed by atoms with Crippen molar-refractivity contribution < 1.29 is 58.5 Å². The monoisotopic (exact) mass is 861 g/mol. The Balaban J connectivity index is 2.16. The molecular formula is C40H63N9O12. The molecule has 0 bridgehead atoms. The van der Waals surface area contributed by atoms with E-state index < -0.39 is 121 Å². The first kappa shape index (κ1) is 51.3. The minimum atomic E-state index is -1.49. The van der Waals surface area contributed by atoms with Crippen molar-refractivity contribution >= 4 is 53.2 Å². The van der Waals surface area contributed by atoms with Crippen LogP contribution in [0.5, 0.6) is 5.75 Å². The summed E-state index contributed by atoms with van der Waals surface area (Å²) >= 11 is 0. The van der Waals surface area contributed by atoms with Gasteiger partial charge in [-0.2, -0.15) is 0 Å². The molecule has 340 valence electrons. The number of aliphatic carboxylic acids is 1. The number of nitrogens with two attached hydrogens (primary N) is 1. The number of carbonyl (C=O) groups excluding carboxylic acids is 8. The molecule has 1 aliphatic heterocycles. The Morgan fingerprint density at radius 2 is 1.31 bits per heavy atom. The van der Waals surface area contributed by atoms with Gasteiger partial charge in [0.05, 0.1) is 19.2 Å². The molecule has 1 aromatic carbocycles. The minimum absolute atomic E-state index is 0.0505. The number of phenolic OH excluding ortho intramolecular Hbond substituents is 1. The number of aliphatic hydroxyl groups excluding tert-OH is 1. The van der Waals surface area contributed by atoms with E-state index in [2.05, 4.69) is 37.2 Å². The molecule has 0 spiro atoms. The molecule has 21 nitrogen and oxygen atoms in total. The zero-order valence-corrected chi connectivity index (χ0v) is 35.8. The van der Waals surface area contributed by atoms with Crippen molar-refractivity contribution in [2.75, 3.05) is 26.2 Å². The molecule has 7 atom stereocenters. The van der Waals surface area contributed by atoms with Crippen molar-refractivity contribution in [3.8, 4) is 5.75 Å². The lowest BCUT2D eigenvalue weighted by atomic mass is 10.0. The molecule has 1 fully saturated rings. The Morgan fingerprint density at radius 1 is 0.721 bits per heavy atom. The van der Waals surface area contributed by atoms with E-state index in [4.69, 9.17) is 10.8 Å². The van der Waals surface area contributed by atoms with E-state index in [1.165, 1.54) is 36.1 Å².